The molecular formula is C12H19NO2. The average molecular weight is 209 g/mol. The van der Waals surface area contributed by atoms with Crippen molar-refractivity contribution >= 4 is 5.71 Å². The van der Waals surface area contributed by atoms with Crippen LogP contribution in [0.1, 0.15) is 39.0 Å². The Bertz CT molecular complexity index is 297. The van der Waals surface area contributed by atoms with Gasteiger partial charge in [0.2, 0.25) is 0 Å². The molecule has 0 radical (unpaired) electrons. The highest BCUT2D eigenvalue weighted by molar-refractivity contribution is 5.88. The highest BCUT2D eigenvalue weighted by Crippen LogP contribution is 2.60. The van der Waals surface area contributed by atoms with E-state index < -0.39 is 0 Å². The van der Waals surface area contributed by atoms with Crippen molar-refractivity contribution in [2.24, 2.45) is 28.3 Å². The Labute approximate surface area is 90.2 Å². The number of oxime groups is 1. The second-order valence-electron chi connectivity index (χ2n) is 5.93. The molecule has 4 saturated carbocycles. The van der Waals surface area contributed by atoms with Crippen LogP contribution in [-0.4, -0.2) is 22.1 Å². The Morgan fingerprint density at radius 3 is 2.33 bits per heavy atom. The van der Waals surface area contributed by atoms with Gasteiger partial charge in [-0.1, -0.05) is 5.16 Å². The smallest absolute Gasteiger partial charge is 0.0601 e. The summed E-state index contributed by atoms with van der Waals surface area (Å²) in [6.45, 7) is 1.94. The first-order valence-electron chi connectivity index (χ1n) is 6.02. The van der Waals surface area contributed by atoms with Gasteiger partial charge in [-0.3, -0.25) is 0 Å². The van der Waals surface area contributed by atoms with Crippen LogP contribution in [0.25, 0.3) is 0 Å². The van der Waals surface area contributed by atoms with Crippen LogP contribution in [0, 0.1) is 23.2 Å². The van der Waals surface area contributed by atoms with E-state index in [9.17, 15) is 5.11 Å². The van der Waals surface area contributed by atoms with E-state index in [1.165, 1.54) is 19.3 Å². The van der Waals surface area contributed by atoms with Gasteiger partial charge in [0.15, 0.2) is 0 Å². The van der Waals surface area contributed by atoms with Crippen molar-refractivity contribution in [3.8, 4) is 0 Å². The number of aliphatic hydroxyl groups is 1. The van der Waals surface area contributed by atoms with E-state index in [2.05, 4.69) is 5.16 Å². The van der Waals surface area contributed by atoms with Gasteiger partial charge in [0.1, 0.15) is 0 Å². The Morgan fingerprint density at radius 1 is 1.20 bits per heavy atom. The van der Waals surface area contributed by atoms with Crippen molar-refractivity contribution < 1.29 is 10.3 Å². The SMILES string of the molecule is C/C(=N\O)C12CC3C[C@H](C1)C(O)[C@@H](C3)C2. The van der Waals surface area contributed by atoms with Crippen molar-refractivity contribution in [3.05, 3.63) is 0 Å². The van der Waals surface area contributed by atoms with Gasteiger partial charge in [-0.2, -0.15) is 0 Å². The minimum Gasteiger partial charge on any atom is -0.411 e. The first kappa shape index (κ1) is 9.64. The minimum absolute atomic E-state index is 0.0823. The van der Waals surface area contributed by atoms with Crippen molar-refractivity contribution in [3.63, 3.8) is 0 Å². The van der Waals surface area contributed by atoms with Crippen LogP contribution in [0.5, 0.6) is 0 Å². The molecule has 0 heterocycles. The third-order valence-electron chi connectivity index (χ3n) is 5.14. The molecule has 0 saturated heterocycles. The van der Waals surface area contributed by atoms with E-state index >= 15 is 0 Å². The Kier molecular flexibility index (Phi) is 1.91. The highest BCUT2D eigenvalue weighted by Gasteiger charge is 2.56. The Morgan fingerprint density at radius 2 is 1.80 bits per heavy atom. The molecule has 4 rings (SSSR count). The van der Waals surface area contributed by atoms with Crippen LogP contribution in [0.2, 0.25) is 0 Å². The fourth-order valence-corrected chi connectivity index (χ4v) is 4.55. The molecule has 84 valence electrons. The lowest BCUT2D eigenvalue weighted by atomic mass is 9.47. The van der Waals surface area contributed by atoms with E-state index in [0.717, 1.165) is 24.5 Å². The summed E-state index contributed by atoms with van der Waals surface area (Å²) in [4.78, 5) is 0. The van der Waals surface area contributed by atoms with Crippen LogP contribution in [-0.2, 0) is 0 Å². The molecule has 5 atom stereocenters. The molecule has 0 spiro atoms. The summed E-state index contributed by atoms with van der Waals surface area (Å²) in [6.07, 6.45) is 5.56. The normalized spacial score (nSPS) is 53.6. The molecule has 0 amide bonds. The number of hydrogen-bond donors (Lipinski definition) is 2. The van der Waals surface area contributed by atoms with Crippen LogP contribution in [0.4, 0.5) is 0 Å². The van der Waals surface area contributed by atoms with Crippen molar-refractivity contribution in [1.82, 2.24) is 0 Å². The molecule has 0 aliphatic heterocycles. The molecule has 3 heteroatoms. The Hall–Kier alpha value is -0.570. The maximum absolute atomic E-state index is 10.1. The molecule has 3 nitrogen and oxygen atoms in total. The average Bonchev–Trinajstić information content (AvgIpc) is 2.23. The predicted molar refractivity (Wildman–Crippen MR) is 56.9 cm³/mol. The zero-order valence-electron chi connectivity index (χ0n) is 9.19. The second kappa shape index (κ2) is 2.97. The van der Waals surface area contributed by atoms with Crippen LogP contribution in [0.15, 0.2) is 5.16 Å². The summed E-state index contributed by atoms with van der Waals surface area (Å²) in [6, 6.07) is 0. The highest BCUT2D eigenvalue weighted by atomic mass is 16.4. The monoisotopic (exact) mass is 209 g/mol. The van der Waals surface area contributed by atoms with Gasteiger partial charge in [-0.15, -0.1) is 0 Å². The second-order valence-corrected chi connectivity index (χ2v) is 5.93. The standard InChI is InChI=1S/C12H19NO2/c1-7(13-15)12-4-8-2-9(5-12)11(14)10(3-8)6-12/h8-11,14-15H,2-6H2,1H3/b13-7+/t8?,9-,10+,11?,12?. The van der Waals surface area contributed by atoms with E-state index in [-0.39, 0.29) is 11.5 Å². The zero-order chi connectivity index (χ0) is 10.6. The van der Waals surface area contributed by atoms with Crippen LogP contribution >= 0.6 is 0 Å². The van der Waals surface area contributed by atoms with Crippen molar-refractivity contribution in [2.45, 2.75) is 45.1 Å². The quantitative estimate of drug-likeness (QED) is 0.394. The van der Waals surface area contributed by atoms with Gasteiger partial charge >= 0.3 is 0 Å². The van der Waals surface area contributed by atoms with Crippen LogP contribution in [0.3, 0.4) is 0 Å². The van der Waals surface area contributed by atoms with Gasteiger partial charge in [-0.05, 0) is 56.8 Å². The van der Waals surface area contributed by atoms with E-state index in [4.69, 9.17) is 5.21 Å². The molecule has 0 aromatic rings. The molecular weight excluding hydrogens is 190 g/mol. The summed E-state index contributed by atoms with van der Waals surface area (Å²) in [5.41, 5.74) is 1.03. The van der Waals surface area contributed by atoms with Gasteiger partial charge in [0.05, 0.1) is 11.8 Å². The summed E-state index contributed by atoms with van der Waals surface area (Å²) in [5.74, 6) is 1.70. The maximum atomic E-state index is 10.1. The number of nitrogens with zero attached hydrogens (tertiary/aromatic N) is 1. The molecule has 4 aliphatic carbocycles. The lowest BCUT2D eigenvalue weighted by Crippen LogP contribution is -2.55. The first-order valence-corrected chi connectivity index (χ1v) is 6.02. The summed E-state index contributed by atoms with van der Waals surface area (Å²) < 4.78 is 0. The van der Waals surface area contributed by atoms with E-state index in [1.807, 2.05) is 6.92 Å². The van der Waals surface area contributed by atoms with Crippen molar-refractivity contribution in [2.75, 3.05) is 0 Å². The molecule has 4 aliphatic rings. The molecule has 2 N–H and O–H groups in total. The summed E-state index contributed by atoms with van der Waals surface area (Å²) in [7, 11) is 0. The third kappa shape index (κ3) is 1.19. The van der Waals surface area contributed by atoms with Crippen LogP contribution < -0.4 is 0 Å². The fourth-order valence-electron chi connectivity index (χ4n) is 4.55. The first-order chi connectivity index (χ1) is 7.14. The molecule has 4 fully saturated rings. The Balaban J connectivity index is 1.95. The molecule has 0 aromatic carbocycles. The predicted octanol–water partition coefficient (Wildman–Crippen LogP) is 2.02. The maximum Gasteiger partial charge on any atom is 0.0601 e. The summed E-state index contributed by atoms with van der Waals surface area (Å²) in [5, 5.41) is 22.5. The topological polar surface area (TPSA) is 52.8 Å². The van der Waals surface area contributed by atoms with Gasteiger partial charge < -0.3 is 10.3 Å². The number of aliphatic hydroxyl groups excluding tert-OH is 1. The molecule has 4 bridgehead atoms. The van der Waals surface area contributed by atoms with E-state index in [0.29, 0.717) is 11.8 Å². The van der Waals surface area contributed by atoms with Gasteiger partial charge in [-0.25, -0.2) is 0 Å². The molecule has 15 heavy (non-hydrogen) atoms. The lowest BCUT2D eigenvalue weighted by Gasteiger charge is -2.58. The van der Waals surface area contributed by atoms with Gasteiger partial charge in [0.25, 0.3) is 0 Å². The molecule has 0 aromatic heterocycles. The van der Waals surface area contributed by atoms with E-state index in [1.54, 1.807) is 0 Å². The number of rotatable bonds is 1. The third-order valence-corrected chi connectivity index (χ3v) is 5.14. The van der Waals surface area contributed by atoms with Crippen molar-refractivity contribution in [1.29, 1.82) is 0 Å². The summed E-state index contributed by atoms with van der Waals surface area (Å²) >= 11 is 0. The fraction of sp³-hybridized carbons (Fsp3) is 0.917. The number of hydrogen-bond acceptors (Lipinski definition) is 3. The lowest BCUT2D eigenvalue weighted by molar-refractivity contribution is -0.111. The zero-order valence-corrected chi connectivity index (χ0v) is 9.19. The van der Waals surface area contributed by atoms with Gasteiger partial charge in [0, 0.05) is 5.41 Å². The molecule has 3 unspecified atom stereocenters. The largest absolute Gasteiger partial charge is 0.411 e. The minimum atomic E-state index is -0.0823.